The molecule has 2 atom stereocenters. The van der Waals surface area contributed by atoms with Crippen molar-refractivity contribution in [3.05, 3.63) is 77.5 Å². The smallest absolute Gasteiger partial charge is 0.268 e. The number of aliphatic hydroxyl groups is 1. The number of amides is 2. The molecule has 0 saturated heterocycles. The lowest BCUT2D eigenvalue weighted by atomic mass is 10.1. The Labute approximate surface area is 179 Å². The molecule has 0 aliphatic heterocycles. The van der Waals surface area contributed by atoms with Crippen LogP contribution in [0, 0.1) is 11.8 Å². The summed E-state index contributed by atoms with van der Waals surface area (Å²) in [7, 11) is 1.89. The molecule has 0 fully saturated rings. The molecule has 3 rings (SSSR count). The molecule has 0 radical (unpaired) electrons. The molecule has 0 aliphatic rings. The first kappa shape index (κ1) is 21.8. The number of rotatable bonds is 5. The topological polar surface area (TPSA) is 116 Å². The molecule has 0 aliphatic carbocycles. The zero-order valence-corrected chi connectivity index (χ0v) is 17.0. The second kappa shape index (κ2) is 9.71. The average Bonchev–Trinajstić information content (AvgIpc) is 3.21. The number of hydroxylamine groups is 1. The number of hydrogen-bond donors (Lipinski definition) is 4. The second-order valence-electron chi connectivity index (χ2n) is 6.91. The minimum atomic E-state index is -1.27. The van der Waals surface area contributed by atoms with Crippen molar-refractivity contribution < 1.29 is 19.9 Å². The van der Waals surface area contributed by atoms with E-state index in [1.807, 2.05) is 37.4 Å². The number of nitrogens with zero attached hydrogens (tertiary/aromatic N) is 2. The van der Waals surface area contributed by atoms with E-state index >= 15 is 0 Å². The van der Waals surface area contributed by atoms with Crippen LogP contribution in [0.2, 0.25) is 0 Å². The van der Waals surface area contributed by atoms with Gasteiger partial charge in [0.05, 0.1) is 11.8 Å². The van der Waals surface area contributed by atoms with Crippen molar-refractivity contribution in [3.63, 3.8) is 0 Å². The summed E-state index contributed by atoms with van der Waals surface area (Å²) in [6.07, 6.45) is 0.573. The van der Waals surface area contributed by atoms with E-state index in [4.69, 9.17) is 5.21 Å². The van der Waals surface area contributed by atoms with Crippen LogP contribution in [0.3, 0.4) is 0 Å². The van der Waals surface area contributed by atoms with Crippen LogP contribution in [0.15, 0.2) is 60.8 Å². The highest BCUT2D eigenvalue weighted by Crippen LogP contribution is 2.18. The normalized spacial score (nSPS) is 12.3. The Morgan fingerprint density at radius 2 is 1.58 bits per heavy atom. The van der Waals surface area contributed by atoms with E-state index in [-0.39, 0.29) is 0 Å². The molecule has 1 aromatic heterocycles. The molecule has 8 nitrogen and oxygen atoms in total. The van der Waals surface area contributed by atoms with Crippen molar-refractivity contribution in [2.45, 2.75) is 19.1 Å². The maximum atomic E-state index is 12.3. The third-order valence-corrected chi connectivity index (χ3v) is 4.66. The van der Waals surface area contributed by atoms with Gasteiger partial charge in [-0.2, -0.15) is 5.10 Å². The lowest BCUT2D eigenvalue weighted by Crippen LogP contribution is -2.51. The fourth-order valence-electron chi connectivity index (χ4n) is 2.93. The van der Waals surface area contributed by atoms with Crippen molar-refractivity contribution in [2.75, 3.05) is 0 Å². The van der Waals surface area contributed by atoms with E-state index in [1.54, 1.807) is 35.1 Å². The zero-order valence-electron chi connectivity index (χ0n) is 17.0. The fourth-order valence-corrected chi connectivity index (χ4v) is 2.93. The Bertz CT molecular complexity index is 1120. The van der Waals surface area contributed by atoms with Gasteiger partial charge in [-0.25, -0.2) is 5.48 Å². The first-order valence-corrected chi connectivity index (χ1v) is 9.52. The SMILES string of the molecule is C[C@@H](O)C(NC(=O)c1ccc(C#Cc2ccc(-c3ccnn3C)cc2)cc1)C(=O)NO. The van der Waals surface area contributed by atoms with Gasteiger partial charge in [-0.3, -0.25) is 19.5 Å². The maximum absolute atomic E-state index is 12.3. The summed E-state index contributed by atoms with van der Waals surface area (Å²) in [5.41, 5.74) is 5.35. The average molecular weight is 418 g/mol. The van der Waals surface area contributed by atoms with Crippen molar-refractivity contribution in [1.82, 2.24) is 20.6 Å². The minimum Gasteiger partial charge on any atom is -0.391 e. The van der Waals surface area contributed by atoms with Crippen LogP contribution < -0.4 is 10.8 Å². The molecule has 8 heteroatoms. The minimum absolute atomic E-state index is 0.294. The molecule has 4 N–H and O–H groups in total. The monoisotopic (exact) mass is 418 g/mol. The van der Waals surface area contributed by atoms with Gasteiger partial charge in [0.1, 0.15) is 6.04 Å². The Hall–Kier alpha value is -3.93. The first-order chi connectivity index (χ1) is 14.9. The standard InChI is InChI=1S/C23H22N4O4/c1-15(28)21(23(30)26-31)25-22(29)19-11-7-17(8-12-19)4-3-16-5-9-18(10-6-16)20-13-14-24-27(20)2/h5-15,21,28,31H,1-2H3,(H,25,29)(H,26,30)/t15-,21?/m1/s1. The molecule has 3 aromatic rings. The van der Waals surface area contributed by atoms with Crippen LogP contribution in [-0.2, 0) is 11.8 Å². The Morgan fingerprint density at radius 3 is 2.06 bits per heavy atom. The number of hydrogen-bond acceptors (Lipinski definition) is 5. The highest BCUT2D eigenvalue weighted by Gasteiger charge is 2.25. The van der Waals surface area contributed by atoms with E-state index in [0.717, 1.165) is 16.8 Å². The third kappa shape index (κ3) is 5.36. The molecule has 0 saturated carbocycles. The van der Waals surface area contributed by atoms with E-state index in [9.17, 15) is 14.7 Å². The van der Waals surface area contributed by atoms with Crippen LogP contribution in [0.4, 0.5) is 0 Å². The van der Waals surface area contributed by atoms with Crippen LogP contribution in [0.5, 0.6) is 0 Å². The van der Waals surface area contributed by atoms with Gasteiger partial charge in [0.2, 0.25) is 0 Å². The summed E-state index contributed by atoms with van der Waals surface area (Å²) in [5, 5.41) is 24.9. The maximum Gasteiger partial charge on any atom is 0.268 e. The van der Waals surface area contributed by atoms with Crippen molar-refractivity contribution in [3.8, 4) is 23.1 Å². The van der Waals surface area contributed by atoms with Gasteiger partial charge in [0.15, 0.2) is 0 Å². The molecule has 0 spiro atoms. The number of nitrogens with one attached hydrogen (secondary N) is 2. The molecule has 31 heavy (non-hydrogen) atoms. The van der Waals surface area contributed by atoms with E-state index in [0.29, 0.717) is 11.1 Å². The molecule has 158 valence electrons. The zero-order chi connectivity index (χ0) is 22.4. The molecule has 2 amide bonds. The molecule has 1 heterocycles. The number of carbonyl (C=O) groups excluding carboxylic acids is 2. The van der Waals surface area contributed by atoms with Gasteiger partial charge < -0.3 is 10.4 Å². The highest BCUT2D eigenvalue weighted by atomic mass is 16.5. The van der Waals surface area contributed by atoms with Crippen LogP contribution in [0.1, 0.15) is 28.4 Å². The number of aliphatic hydroxyl groups excluding tert-OH is 1. The van der Waals surface area contributed by atoms with Crippen molar-refractivity contribution >= 4 is 11.8 Å². The summed E-state index contributed by atoms with van der Waals surface area (Å²) in [4.78, 5) is 23.8. The lowest BCUT2D eigenvalue weighted by molar-refractivity contribution is -0.133. The predicted molar refractivity (Wildman–Crippen MR) is 114 cm³/mol. The highest BCUT2D eigenvalue weighted by molar-refractivity contribution is 5.97. The molecular weight excluding hydrogens is 396 g/mol. The lowest BCUT2D eigenvalue weighted by Gasteiger charge is -2.19. The Morgan fingerprint density at radius 1 is 1.00 bits per heavy atom. The predicted octanol–water partition coefficient (Wildman–Crippen LogP) is 1.47. The van der Waals surface area contributed by atoms with E-state index in [1.165, 1.54) is 12.4 Å². The summed E-state index contributed by atoms with van der Waals surface area (Å²) in [6, 6.07) is 15.0. The number of carbonyl (C=O) groups is 2. The summed E-state index contributed by atoms with van der Waals surface area (Å²) in [6.45, 7) is 1.34. The van der Waals surface area contributed by atoms with Crippen LogP contribution in [0.25, 0.3) is 11.3 Å². The molecule has 2 aromatic carbocycles. The Balaban J connectivity index is 1.67. The summed E-state index contributed by atoms with van der Waals surface area (Å²) in [5.74, 6) is 4.66. The Kier molecular flexibility index (Phi) is 6.82. The first-order valence-electron chi connectivity index (χ1n) is 9.52. The van der Waals surface area contributed by atoms with Gasteiger partial charge in [0, 0.05) is 29.9 Å². The molecule has 0 bridgehead atoms. The van der Waals surface area contributed by atoms with E-state index < -0.39 is 24.0 Å². The van der Waals surface area contributed by atoms with Crippen LogP contribution >= 0.6 is 0 Å². The number of benzene rings is 2. The van der Waals surface area contributed by atoms with Gasteiger partial charge >= 0.3 is 0 Å². The quantitative estimate of drug-likeness (QED) is 0.284. The second-order valence-corrected chi connectivity index (χ2v) is 6.91. The number of aryl methyl sites for hydroxylation is 1. The third-order valence-electron chi connectivity index (χ3n) is 4.66. The van der Waals surface area contributed by atoms with E-state index in [2.05, 4.69) is 22.3 Å². The van der Waals surface area contributed by atoms with Crippen LogP contribution in [-0.4, -0.2) is 44.1 Å². The number of aromatic nitrogens is 2. The van der Waals surface area contributed by atoms with Crippen molar-refractivity contribution in [1.29, 1.82) is 0 Å². The summed E-state index contributed by atoms with van der Waals surface area (Å²) >= 11 is 0. The van der Waals surface area contributed by atoms with Gasteiger partial charge in [0.25, 0.3) is 11.8 Å². The van der Waals surface area contributed by atoms with Crippen molar-refractivity contribution in [2.24, 2.45) is 7.05 Å². The van der Waals surface area contributed by atoms with Gasteiger partial charge in [-0.1, -0.05) is 24.0 Å². The molecule has 1 unspecified atom stereocenters. The summed E-state index contributed by atoms with van der Waals surface area (Å²) < 4.78 is 1.80. The van der Waals surface area contributed by atoms with Gasteiger partial charge in [-0.15, -0.1) is 0 Å². The molecular formula is C23H22N4O4. The van der Waals surface area contributed by atoms with Gasteiger partial charge in [-0.05, 0) is 55.0 Å². The largest absolute Gasteiger partial charge is 0.391 e. The fraction of sp³-hybridized carbons (Fsp3) is 0.174.